The molecule has 0 fully saturated rings. The van der Waals surface area contributed by atoms with Crippen molar-refractivity contribution in [1.82, 2.24) is 10.0 Å². The second kappa shape index (κ2) is 9.09. The van der Waals surface area contributed by atoms with Crippen LogP contribution in [0.2, 0.25) is 0 Å². The normalized spacial score (nSPS) is 17.2. The Morgan fingerprint density at radius 2 is 1.45 bits per heavy atom. The summed E-state index contributed by atoms with van der Waals surface area (Å²) in [4.78, 5) is 38.4. The second-order valence-corrected chi connectivity index (χ2v) is 7.51. The Labute approximate surface area is 178 Å². The number of carbonyl (C=O) groups is 3. The van der Waals surface area contributed by atoms with Gasteiger partial charge in [0, 0.05) is 12.1 Å². The summed E-state index contributed by atoms with van der Waals surface area (Å²) in [5.41, 5.74) is -1.46. The number of alkyl halides is 3. The van der Waals surface area contributed by atoms with E-state index in [2.05, 4.69) is 0 Å². The summed E-state index contributed by atoms with van der Waals surface area (Å²) in [6.07, 6.45) is -4.55. The molecular formula is C21H25F3N2O5. The zero-order chi connectivity index (χ0) is 23.7. The van der Waals surface area contributed by atoms with Crippen LogP contribution < -0.4 is 0 Å². The summed E-state index contributed by atoms with van der Waals surface area (Å²) in [5, 5.41) is 2.87. The number of esters is 2. The first-order chi connectivity index (χ1) is 14.4. The molecule has 170 valence electrons. The van der Waals surface area contributed by atoms with E-state index in [1.54, 1.807) is 5.01 Å². The van der Waals surface area contributed by atoms with Crippen LogP contribution in [0.3, 0.4) is 0 Å². The minimum absolute atomic E-state index is 0.215. The van der Waals surface area contributed by atoms with Gasteiger partial charge < -0.3 is 9.47 Å². The van der Waals surface area contributed by atoms with Crippen LogP contribution in [0.5, 0.6) is 0 Å². The smallest absolute Gasteiger partial charge is 0.416 e. The molecule has 0 radical (unpaired) electrons. The van der Waals surface area contributed by atoms with Gasteiger partial charge in [0.25, 0.3) is 5.91 Å². The molecule has 1 heterocycles. The number of carbonyl (C=O) groups excluding carboxylic acids is 3. The topological polar surface area (TPSA) is 76.2 Å². The molecule has 1 amide bonds. The third kappa shape index (κ3) is 4.58. The predicted octanol–water partition coefficient (Wildman–Crippen LogP) is 3.27. The van der Waals surface area contributed by atoms with E-state index in [9.17, 15) is 27.6 Å². The highest BCUT2D eigenvalue weighted by Crippen LogP contribution is 2.42. The van der Waals surface area contributed by atoms with Crippen molar-refractivity contribution >= 4 is 17.8 Å². The molecule has 0 aliphatic carbocycles. The highest BCUT2D eigenvalue weighted by atomic mass is 19.4. The summed E-state index contributed by atoms with van der Waals surface area (Å²) in [6.45, 7) is 7.24. The number of benzene rings is 1. The van der Waals surface area contributed by atoms with Gasteiger partial charge in [-0.3, -0.25) is 9.80 Å². The molecule has 0 spiro atoms. The molecule has 7 nitrogen and oxygen atoms in total. The van der Waals surface area contributed by atoms with Crippen LogP contribution >= 0.6 is 0 Å². The van der Waals surface area contributed by atoms with Gasteiger partial charge >= 0.3 is 18.1 Å². The fraction of sp³-hybridized carbons (Fsp3) is 0.476. The lowest BCUT2D eigenvalue weighted by Crippen LogP contribution is -2.53. The summed E-state index contributed by atoms with van der Waals surface area (Å²) in [7, 11) is 2.15. The monoisotopic (exact) mass is 442 g/mol. The molecule has 0 N–H and O–H groups in total. The Morgan fingerprint density at radius 3 is 1.84 bits per heavy atom. The van der Waals surface area contributed by atoms with Gasteiger partial charge in [0.05, 0.1) is 25.4 Å². The van der Waals surface area contributed by atoms with Crippen molar-refractivity contribution in [3.63, 3.8) is 0 Å². The van der Waals surface area contributed by atoms with E-state index >= 15 is 0 Å². The molecule has 0 aromatic heterocycles. The molecule has 10 heteroatoms. The first kappa shape index (κ1) is 24.4. The predicted molar refractivity (Wildman–Crippen MR) is 104 cm³/mol. The number of nitrogens with zero attached hydrogens (tertiary/aromatic N) is 2. The molecule has 2 rings (SSSR count). The molecule has 0 bridgehead atoms. The van der Waals surface area contributed by atoms with Gasteiger partial charge in [-0.2, -0.15) is 13.2 Å². The Bertz CT molecular complexity index is 883. The lowest BCUT2D eigenvalue weighted by atomic mass is 9.96. The van der Waals surface area contributed by atoms with Crippen molar-refractivity contribution in [2.45, 2.75) is 52.0 Å². The summed E-state index contributed by atoms with van der Waals surface area (Å²) in [5.74, 6) is -2.77. The van der Waals surface area contributed by atoms with Gasteiger partial charge in [0.15, 0.2) is 0 Å². The van der Waals surface area contributed by atoms with Gasteiger partial charge in [-0.1, -0.05) is 12.1 Å². The summed E-state index contributed by atoms with van der Waals surface area (Å²) < 4.78 is 48.6. The third-order valence-corrected chi connectivity index (χ3v) is 4.86. The highest BCUT2D eigenvalue weighted by Gasteiger charge is 2.50. The van der Waals surface area contributed by atoms with E-state index < -0.39 is 41.2 Å². The van der Waals surface area contributed by atoms with Crippen LogP contribution in [0.15, 0.2) is 35.4 Å². The minimum Gasteiger partial charge on any atom is -0.466 e. The maximum Gasteiger partial charge on any atom is 0.416 e. The zero-order valence-corrected chi connectivity index (χ0v) is 18.1. The molecule has 0 saturated heterocycles. The van der Waals surface area contributed by atoms with Crippen LogP contribution in [0.4, 0.5) is 13.2 Å². The molecule has 1 unspecified atom stereocenters. The number of ether oxygens (including phenoxy) is 2. The van der Waals surface area contributed by atoms with Gasteiger partial charge in [-0.05, 0) is 45.4 Å². The van der Waals surface area contributed by atoms with E-state index in [1.165, 1.54) is 17.1 Å². The Balaban J connectivity index is 2.78. The lowest BCUT2D eigenvalue weighted by molar-refractivity contribution is -0.158. The van der Waals surface area contributed by atoms with Crippen molar-refractivity contribution in [3.8, 4) is 0 Å². The number of methoxy groups -OCH3 is 2. The Kier molecular flexibility index (Phi) is 7.15. The van der Waals surface area contributed by atoms with E-state index in [4.69, 9.17) is 9.47 Å². The van der Waals surface area contributed by atoms with E-state index in [0.717, 1.165) is 26.4 Å². The molecule has 1 atom stereocenters. The van der Waals surface area contributed by atoms with Crippen LogP contribution in [-0.2, 0) is 30.0 Å². The number of hydrazine groups is 1. The summed E-state index contributed by atoms with van der Waals surface area (Å²) >= 11 is 0. The molecular weight excluding hydrogens is 417 g/mol. The third-order valence-electron chi connectivity index (χ3n) is 4.86. The van der Waals surface area contributed by atoms with E-state index in [1.807, 2.05) is 27.7 Å². The zero-order valence-electron chi connectivity index (χ0n) is 18.1. The van der Waals surface area contributed by atoms with Crippen LogP contribution in [0.1, 0.15) is 44.9 Å². The van der Waals surface area contributed by atoms with E-state index in [-0.39, 0.29) is 23.2 Å². The van der Waals surface area contributed by atoms with Crippen molar-refractivity contribution in [1.29, 1.82) is 0 Å². The molecule has 31 heavy (non-hydrogen) atoms. The number of rotatable bonds is 6. The number of amides is 1. The second-order valence-electron chi connectivity index (χ2n) is 7.51. The average Bonchev–Trinajstić information content (AvgIpc) is 2.98. The van der Waals surface area contributed by atoms with E-state index in [0.29, 0.717) is 0 Å². The Morgan fingerprint density at radius 1 is 0.968 bits per heavy atom. The van der Waals surface area contributed by atoms with Gasteiger partial charge in [-0.25, -0.2) is 14.6 Å². The maximum absolute atomic E-state index is 13.3. The average molecular weight is 442 g/mol. The fourth-order valence-electron chi connectivity index (χ4n) is 3.72. The molecule has 1 aromatic rings. The summed E-state index contributed by atoms with van der Waals surface area (Å²) in [6, 6.07) is 2.43. The van der Waals surface area contributed by atoms with Crippen molar-refractivity contribution < 1.29 is 37.0 Å². The molecule has 1 aliphatic heterocycles. The fourth-order valence-corrected chi connectivity index (χ4v) is 3.72. The van der Waals surface area contributed by atoms with Crippen molar-refractivity contribution in [2.75, 3.05) is 14.2 Å². The SMILES string of the molecule is COC(=O)C1=C(C(=O)OC)C(c2ccc(C(F)(F)F)cc2)N(N(C(C)C)C(C)C)C1=O. The lowest BCUT2D eigenvalue weighted by Gasteiger charge is -2.42. The molecule has 0 saturated carbocycles. The van der Waals surface area contributed by atoms with Crippen molar-refractivity contribution in [2.24, 2.45) is 0 Å². The highest BCUT2D eigenvalue weighted by molar-refractivity contribution is 6.23. The number of halogens is 3. The quantitative estimate of drug-likeness (QED) is 0.497. The van der Waals surface area contributed by atoms with Gasteiger partial charge in [0.1, 0.15) is 11.6 Å². The van der Waals surface area contributed by atoms with Crippen LogP contribution in [0.25, 0.3) is 0 Å². The first-order valence-electron chi connectivity index (χ1n) is 9.56. The molecule has 1 aliphatic rings. The van der Waals surface area contributed by atoms with Crippen molar-refractivity contribution in [3.05, 3.63) is 46.5 Å². The first-order valence-corrected chi connectivity index (χ1v) is 9.56. The van der Waals surface area contributed by atoms with Gasteiger partial charge in [-0.15, -0.1) is 0 Å². The number of hydrogen-bond donors (Lipinski definition) is 0. The van der Waals surface area contributed by atoms with Crippen LogP contribution in [-0.4, -0.2) is 54.2 Å². The minimum atomic E-state index is -4.55. The maximum atomic E-state index is 13.3. The standard InChI is InChI=1S/C21H25F3N2O5/c1-11(2)25(12(3)4)26-17(13-7-9-14(10-8-13)21(22,23)24)15(19(28)30-5)16(18(26)27)20(29)31-6/h7-12,17H,1-6H3. The van der Waals surface area contributed by atoms with Gasteiger partial charge in [0.2, 0.25) is 0 Å². The molecule has 1 aromatic carbocycles. The van der Waals surface area contributed by atoms with Crippen LogP contribution in [0, 0.1) is 0 Å². The largest absolute Gasteiger partial charge is 0.466 e. The number of hydrogen-bond acceptors (Lipinski definition) is 6. The Hall–Kier alpha value is -2.88.